The predicted octanol–water partition coefficient (Wildman–Crippen LogP) is 2.00. The lowest BCUT2D eigenvalue weighted by Crippen LogP contribution is -2.31. The molecular weight excluding hydrogens is 322 g/mol. The fourth-order valence-corrected chi connectivity index (χ4v) is 2.39. The van der Waals surface area contributed by atoms with E-state index in [1.807, 2.05) is 0 Å². The standard InChI is InChI=1S/C18H15N3O4/c1-11-9-13(22)7-8-15(11)19-10-14-16(23)20-18(25)21(17(14)24)12-5-3-2-4-6-12/h2-10,22,24H,1H3,(H,20,23,25). The van der Waals surface area contributed by atoms with Crippen LogP contribution in [0.3, 0.4) is 0 Å². The van der Waals surface area contributed by atoms with Gasteiger partial charge in [0.25, 0.3) is 5.56 Å². The van der Waals surface area contributed by atoms with Gasteiger partial charge in [0.05, 0.1) is 11.4 Å². The van der Waals surface area contributed by atoms with E-state index in [0.29, 0.717) is 16.9 Å². The number of hydrogen-bond acceptors (Lipinski definition) is 5. The highest BCUT2D eigenvalue weighted by atomic mass is 16.3. The largest absolute Gasteiger partial charge is 0.508 e. The first-order chi connectivity index (χ1) is 12.0. The van der Waals surface area contributed by atoms with E-state index >= 15 is 0 Å². The summed E-state index contributed by atoms with van der Waals surface area (Å²) in [6.07, 6.45) is 1.19. The topological polar surface area (TPSA) is 108 Å². The number of nitrogens with one attached hydrogen (secondary N) is 1. The monoisotopic (exact) mass is 337 g/mol. The fraction of sp³-hybridized carbons (Fsp3) is 0.0556. The highest BCUT2D eigenvalue weighted by Gasteiger charge is 2.14. The molecule has 126 valence electrons. The molecule has 0 radical (unpaired) electrons. The first-order valence-electron chi connectivity index (χ1n) is 7.45. The lowest BCUT2D eigenvalue weighted by atomic mass is 10.2. The van der Waals surface area contributed by atoms with E-state index in [9.17, 15) is 19.8 Å². The second-order valence-electron chi connectivity index (χ2n) is 5.40. The van der Waals surface area contributed by atoms with Crippen LogP contribution in [-0.2, 0) is 0 Å². The van der Waals surface area contributed by atoms with Crippen molar-refractivity contribution in [2.75, 3.05) is 0 Å². The molecule has 0 saturated carbocycles. The zero-order chi connectivity index (χ0) is 18.0. The Labute approximate surface area is 142 Å². The number of hydrogen-bond donors (Lipinski definition) is 3. The summed E-state index contributed by atoms with van der Waals surface area (Å²) in [5.74, 6) is -0.394. The van der Waals surface area contributed by atoms with Gasteiger partial charge in [0, 0.05) is 6.21 Å². The van der Waals surface area contributed by atoms with Crippen molar-refractivity contribution in [2.24, 2.45) is 4.99 Å². The Kier molecular flexibility index (Phi) is 4.21. The molecule has 0 spiro atoms. The third-order valence-electron chi connectivity index (χ3n) is 3.65. The summed E-state index contributed by atoms with van der Waals surface area (Å²) in [4.78, 5) is 30.4. The molecule has 7 heteroatoms. The number of aromatic amines is 1. The van der Waals surface area contributed by atoms with Crippen molar-refractivity contribution in [1.29, 1.82) is 0 Å². The molecule has 2 aromatic carbocycles. The van der Waals surface area contributed by atoms with Crippen molar-refractivity contribution in [2.45, 2.75) is 6.92 Å². The van der Waals surface area contributed by atoms with Gasteiger partial charge >= 0.3 is 5.69 Å². The van der Waals surface area contributed by atoms with Gasteiger partial charge in [0.15, 0.2) is 0 Å². The van der Waals surface area contributed by atoms with Crippen LogP contribution in [0, 0.1) is 6.92 Å². The molecule has 7 nitrogen and oxygen atoms in total. The van der Waals surface area contributed by atoms with Crippen LogP contribution in [0.1, 0.15) is 11.1 Å². The van der Waals surface area contributed by atoms with Crippen LogP contribution in [0.2, 0.25) is 0 Å². The van der Waals surface area contributed by atoms with E-state index in [2.05, 4.69) is 9.98 Å². The van der Waals surface area contributed by atoms with E-state index in [4.69, 9.17) is 0 Å². The number of aromatic nitrogens is 2. The first kappa shape index (κ1) is 16.3. The Morgan fingerprint density at radius 3 is 2.48 bits per heavy atom. The maximum atomic E-state index is 12.1. The molecule has 25 heavy (non-hydrogen) atoms. The molecule has 0 bridgehead atoms. The predicted molar refractivity (Wildman–Crippen MR) is 94.4 cm³/mol. The molecule has 0 aliphatic heterocycles. The SMILES string of the molecule is Cc1cc(O)ccc1N=Cc1c(O)n(-c2ccccc2)c(=O)[nH]c1=O. The van der Waals surface area contributed by atoms with Crippen molar-refractivity contribution in [1.82, 2.24) is 9.55 Å². The average molecular weight is 337 g/mol. The van der Waals surface area contributed by atoms with E-state index in [-0.39, 0.29) is 11.3 Å². The fourth-order valence-electron chi connectivity index (χ4n) is 2.39. The third-order valence-corrected chi connectivity index (χ3v) is 3.65. The molecule has 0 amide bonds. The molecule has 0 unspecified atom stereocenters. The molecule has 3 N–H and O–H groups in total. The van der Waals surface area contributed by atoms with Gasteiger partial charge in [-0.2, -0.15) is 0 Å². The molecule has 0 fully saturated rings. The maximum Gasteiger partial charge on any atom is 0.335 e. The first-order valence-corrected chi connectivity index (χ1v) is 7.45. The van der Waals surface area contributed by atoms with Crippen LogP contribution in [0.5, 0.6) is 11.6 Å². The molecule has 0 aliphatic carbocycles. The summed E-state index contributed by atoms with van der Waals surface area (Å²) in [6, 6.07) is 13.0. The minimum absolute atomic E-state index is 0.106. The van der Waals surface area contributed by atoms with E-state index in [0.717, 1.165) is 4.57 Å². The maximum absolute atomic E-state index is 12.1. The van der Waals surface area contributed by atoms with Crippen molar-refractivity contribution in [3.63, 3.8) is 0 Å². The Morgan fingerprint density at radius 1 is 1.08 bits per heavy atom. The van der Waals surface area contributed by atoms with Gasteiger partial charge in [-0.15, -0.1) is 0 Å². The van der Waals surface area contributed by atoms with Crippen molar-refractivity contribution >= 4 is 11.9 Å². The van der Waals surface area contributed by atoms with Gasteiger partial charge in [0.1, 0.15) is 11.3 Å². The number of benzene rings is 2. The number of phenols is 1. The minimum atomic E-state index is -0.744. The van der Waals surface area contributed by atoms with Crippen LogP contribution in [0.15, 0.2) is 63.1 Å². The van der Waals surface area contributed by atoms with Crippen molar-refractivity contribution in [3.05, 3.63) is 80.5 Å². The van der Waals surface area contributed by atoms with Gasteiger partial charge < -0.3 is 10.2 Å². The molecule has 3 aromatic rings. The summed E-state index contributed by atoms with van der Waals surface area (Å²) in [5.41, 5.74) is 0.00628. The van der Waals surface area contributed by atoms with Crippen LogP contribution in [-0.4, -0.2) is 26.0 Å². The summed E-state index contributed by atoms with van der Waals surface area (Å²) < 4.78 is 0.992. The number of aliphatic imine (C=N–C) groups is 1. The number of phenolic OH excluding ortho intramolecular Hbond substituents is 1. The molecule has 1 heterocycles. The van der Waals surface area contributed by atoms with E-state index in [1.165, 1.54) is 18.3 Å². The van der Waals surface area contributed by atoms with Crippen molar-refractivity contribution in [3.8, 4) is 17.3 Å². The number of rotatable bonds is 3. The lowest BCUT2D eigenvalue weighted by Gasteiger charge is -2.09. The van der Waals surface area contributed by atoms with Crippen LogP contribution in [0.25, 0.3) is 5.69 Å². The number of para-hydroxylation sites is 1. The van der Waals surface area contributed by atoms with E-state index < -0.39 is 17.1 Å². The number of H-pyrrole nitrogens is 1. The minimum Gasteiger partial charge on any atom is -0.508 e. The summed E-state index contributed by atoms with van der Waals surface area (Å²) in [7, 11) is 0. The highest BCUT2D eigenvalue weighted by Crippen LogP contribution is 2.23. The number of aryl methyl sites for hydroxylation is 1. The normalized spacial score (nSPS) is 11.1. The average Bonchev–Trinajstić information content (AvgIpc) is 2.57. The molecule has 0 saturated heterocycles. The van der Waals surface area contributed by atoms with Gasteiger partial charge in [-0.25, -0.2) is 9.36 Å². The second-order valence-corrected chi connectivity index (χ2v) is 5.40. The van der Waals surface area contributed by atoms with Crippen LogP contribution >= 0.6 is 0 Å². The number of aromatic hydroxyl groups is 2. The quantitative estimate of drug-likeness (QED) is 0.635. The Morgan fingerprint density at radius 2 is 1.80 bits per heavy atom. The lowest BCUT2D eigenvalue weighted by molar-refractivity contribution is 0.430. The zero-order valence-corrected chi connectivity index (χ0v) is 13.3. The summed E-state index contributed by atoms with van der Waals surface area (Å²) in [5, 5.41) is 19.8. The second kappa shape index (κ2) is 6.48. The van der Waals surface area contributed by atoms with Gasteiger partial charge in [0.2, 0.25) is 5.88 Å². The molecule has 3 rings (SSSR count). The Bertz CT molecular complexity index is 1070. The Hall–Kier alpha value is -3.61. The molecule has 0 atom stereocenters. The third kappa shape index (κ3) is 3.20. The van der Waals surface area contributed by atoms with Crippen LogP contribution in [0.4, 0.5) is 5.69 Å². The van der Waals surface area contributed by atoms with E-state index in [1.54, 1.807) is 43.3 Å². The van der Waals surface area contributed by atoms with Gasteiger partial charge in [-0.3, -0.25) is 14.8 Å². The Balaban J connectivity index is 2.12. The molecule has 1 aromatic heterocycles. The smallest absolute Gasteiger partial charge is 0.335 e. The highest BCUT2D eigenvalue weighted by molar-refractivity contribution is 5.84. The summed E-state index contributed by atoms with van der Waals surface area (Å²) >= 11 is 0. The van der Waals surface area contributed by atoms with Gasteiger partial charge in [-0.1, -0.05) is 18.2 Å². The molecule has 0 aliphatic rings. The number of nitrogens with zero attached hydrogens (tertiary/aromatic N) is 2. The summed E-state index contributed by atoms with van der Waals surface area (Å²) in [6.45, 7) is 1.75. The van der Waals surface area contributed by atoms with Gasteiger partial charge in [-0.05, 0) is 42.8 Å². The molecular formula is C18H15N3O4. The zero-order valence-electron chi connectivity index (χ0n) is 13.3. The van der Waals surface area contributed by atoms with Crippen LogP contribution < -0.4 is 11.2 Å². The van der Waals surface area contributed by atoms with Crippen molar-refractivity contribution < 1.29 is 10.2 Å².